The lowest BCUT2D eigenvalue weighted by atomic mass is 9.89. The van der Waals surface area contributed by atoms with Crippen molar-refractivity contribution in [1.82, 2.24) is 5.32 Å². The molecule has 0 spiro atoms. The smallest absolute Gasteiger partial charge is 0.123 e. The van der Waals surface area contributed by atoms with E-state index in [1.165, 1.54) is 43.9 Å². The van der Waals surface area contributed by atoms with Gasteiger partial charge >= 0.3 is 0 Å². The van der Waals surface area contributed by atoms with E-state index in [-0.39, 0.29) is 11.6 Å². The summed E-state index contributed by atoms with van der Waals surface area (Å²) < 4.78 is 13.1. The molecule has 0 heterocycles. The molecule has 3 rings (SSSR count). The van der Waals surface area contributed by atoms with Crippen LogP contribution in [0.1, 0.15) is 31.2 Å². The van der Waals surface area contributed by atoms with Crippen molar-refractivity contribution in [3.05, 3.63) is 29.6 Å². The first kappa shape index (κ1) is 12.0. The van der Waals surface area contributed by atoms with Gasteiger partial charge in [0.2, 0.25) is 0 Å². The largest absolute Gasteiger partial charge is 0.508 e. The number of aromatic hydroxyl groups is 1. The highest BCUT2D eigenvalue weighted by Gasteiger charge is 2.38. The summed E-state index contributed by atoms with van der Waals surface area (Å²) in [5, 5.41) is 13.0. The molecule has 2 nitrogen and oxygen atoms in total. The molecule has 0 saturated heterocycles. The topological polar surface area (TPSA) is 32.3 Å². The maximum atomic E-state index is 13.1. The van der Waals surface area contributed by atoms with Crippen LogP contribution in [0.5, 0.6) is 5.75 Å². The molecule has 2 saturated carbocycles. The fourth-order valence-corrected chi connectivity index (χ4v) is 3.71. The first-order valence-corrected chi connectivity index (χ1v) is 6.90. The van der Waals surface area contributed by atoms with Crippen molar-refractivity contribution >= 4 is 0 Å². The van der Waals surface area contributed by atoms with Gasteiger partial charge in [-0.15, -0.1) is 0 Å². The average molecular weight is 249 g/mol. The average Bonchev–Trinajstić information content (AvgIpc) is 2.96. The van der Waals surface area contributed by atoms with Crippen molar-refractivity contribution < 1.29 is 9.50 Å². The summed E-state index contributed by atoms with van der Waals surface area (Å²) in [6.45, 7) is 1.55. The monoisotopic (exact) mass is 249 g/mol. The number of nitrogens with one attached hydrogen (secondary N) is 1. The Morgan fingerprint density at radius 1 is 1.28 bits per heavy atom. The van der Waals surface area contributed by atoms with Gasteiger partial charge in [0, 0.05) is 12.1 Å². The molecule has 2 bridgehead atoms. The van der Waals surface area contributed by atoms with E-state index in [0.717, 1.165) is 24.3 Å². The predicted molar refractivity (Wildman–Crippen MR) is 68.7 cm³/mol. The lowest BCUT2D eigenvalue weighted by Gasteiger charge is -2.22. The number of fused-ring (bicyclic) bond motifs is 2. The van der Waals surface area contributed by atoms with E-state index >= 15 is 0 Å². The number of phenolic OH excluding ortho intramolecular Hbond substituents is 1. The molecule has 2 aliphatic rings. The molecule has 2 fully saturated rings. The quantitative estimate of drug-likeness (QED) is 0.859. The summed E-state index contributed by atoms with van der Waals surface area (Å²) in [6, 6.07) is 4.11. The van der Waals surface area contributed by atoms with Crippen LogP contribution in [-0.4, -0.2) is 11.7 Å². The Bertz CT molecular complexity index is 435. The molecule has 1 aromatic carbocycles. The zero-order valence-corrected chi connectivity index (χ0v) is 10.5. The second-order valence-corrected chi connectivity index (χ2v) is 5.84. The standard InChI is InChI=1S/C15H20FNO/c16-14-3-4-15(18)13(7-14)9-17-8-12-6-10-1-2-11(12)5-10/h3-4,7,10-12,17-18H,1-2,5-6,8-9H2. The van der Waals surface area contributed by atoms with Gasteiger partial charge in [0.05, 0.1) is 0 Å². The Morgan fingerprint density at radius 3 is 2.89 bits per heavy atom. The van der Waals surface area contributed by atoms with Gasteiger partial charge in [0.15, 0.2) is 0 Å². The molecule has 3 heteroatoms. The van der Waals surface area contributed by atoms with Gasteiger partial charge in [-0.25, -0.2) is 4.39 Å². The number of hydrogen-bond donors (Lipinski definition) is 2. The molecule has 2 aliphatic carbocycles. The number of hydrogen-bond acceptors (Lipinski definition) is 2. The highest BCUT2D eigenvalue weighted by atomic mass is 19.1. The van der Waals surface area contributed by atoms with Crippen LogP contribution in [0.25, 0.3) is 0 Å². The second kappa shape index (κ2) is 4.88. The van der Waals surface area contributed by atoms with Crippen molar-refractivity contribution in [1.29, 1.82) is 0 Å². The minimum atomic E-state index is -0.287. The van der Waals surface area contributed by atoms with Gasteiger partial charge in [-0.05, 0) is 61.8 Å². The molecule has 18 heavy (non-hydrogen) atoms. The summed E-state index contributed by atoms with van der Waals surface area (Å²) in [6.07, 6.45) is 5.58. The molecule has 0 aliphatic heterocycles. The van der Waals surface area contributed by atoms with Crippen molar-refractivity contribution in [3.8, 4) is 5.75 Å². The van der Waals surface area contributed by atoms with Gasteiger partial charge in [-0.1, -0.05) is 6.42 Å². The fourth-order valence-electron chi connectivity index (χ4n) is 3.71. The van der Waals surface area contributed by atoms with Gasteiger partial charge in [0.25, 0.3) is 0 Å². The van der Waals surface area contributed by atoms with E-state index in [2.05, 4.69) is 5.32 Å². The maximum Gasteiger partial charge on any atom is 0.123 e. The van der Waals surface area contributed by atoms with Crippen LogP contribution in [-0.2, 0) is 6.54 Å². The SMILES string of the molecule is Oc1ccc(F)cc1CNCC1CC2CCC1C2. The summed E-state index contributed by atoms with van der Waals surface area (Å²) in [5.74, 6) is 2.55. The third kappa shape index (κ3) is 2.37. The predicted octanol–water partition coefficient (Wildman–Crippen LogP) is 3.06. The second-order valence-electron chi connectivity index (χ2n) is 5.84. The number of rotatable bonds is 4. The Labute approximate surface area is 107 Å². The Morgan fingerprint density at radius 2 is 2.17 bits per heavy atom. The first-order chi connectivity index (χ1) is 8.72. The number of phenols is 1. The van der Waals surface area contributed by atoms with Gasteiger partial charge < -0.3 is 10.4 Å². The maximum absolute atomic E-state index is 13.1. The van der Waals surface area contributed by atoms with E-state index in [9.17, 15) is 9.50 Å². The molecular weight excluding hydrogens is 229 g/mol. The number of halogens is 1. The fraction of sp³-hybridized carbons (Fsp3) is 0.600. The van der Waals surface area contributed by atoms with E-state index in [1.807, 2.05) is 0 Å². The molecule has 2 N–H and O–H groups in total. The van der Waals surface area contributed by atoms with E-state index in [0.29, 0.717) is 12.1 Å². The Balaban J connectivity index is 1.51. The molecule has 98 valence electrons. The molecule has 3 unspecified atom stereocenters. The van der Waals surface area contributed by atoms with Gasteiger partial charge in [0.1, 0.15) is 11.6 Å². The van der Waals surface area contributed by atoms with Crippen LogP contribution < -0.4 is 5.32 Å². The Hall–Kier alpha value is -1.09. The number of benzene rings is 1. The lowest BCUT2D eigenvalue weighted by molar-refractivity contribution is 0.317. The van der Waals surface area contributed by atoms with Crippen molar-refractivity contribution in [2.45, 2.75) is 32.2 Å². The first-order valence-electron chi connectivity index (χ1n) is 6.90. The van der Waals surface area contributed by atoms with E-state index in [4.69, 9.17) is 0 Å². The minimum Gasteiger partial charge on any atom is -0.508 e. The van der Waals surface area contributed by atoms with Gasteiger partial charge in [-0.2, -0.15) is 0 Å². The summed E-state index contributed by atoms with van der Waals surface area (Å²) in [7, 11) is 0. The summed E-state index contributed by atoms with van der Waals surface area (Å²) in [4.78, 5) is 0. The normalized spacial score (nSPS) is 29.9. The summed E-state index contributed by atoms with van der Waals surface area (Å²) in [5.41, 5.74) is 0.651. The zero-order chi connectivity index (χ0) is 12.5. The van der Waals surface area contributed by atoms with Crippen LogP contribution in [0.3, 0.4) is 0 Å². The lowest BCUT2D eigenvalue weighted by Crippen LogP contribution is -2.26. The zero-order valence-electron chi connectivity index (χ0n) is 10.5. The van der Waals surface area contributed by atoms with Crippen LogP contribution in [0.15, 0.2) is 18.2 Å². The van der Waals surface area contributed by atoms with Crippen molar-refractivity contribution in [2.75, 3.05) is 6.54 Å². The third-order valence-corrected chi connectivity index (χ3v) is 4.65. The van der Waals surface area contributed by atoms with E-state index < -0.39 is 0 Å². The minimum absolute atomic E-state index is 0.178. The third-order valence-electron chi connectivity index (χ3n) is 4.65. The van der Waals surface area contributed by atoms with Crippen LogP contribution in [0, 0.1) is 23.6 Å². The molecule has 3 atom stereocenters. The van der Waals surface area contributed by atoms with Gasteiger partial charge in [-0.3, -0.25) is 0 Å². The van der Waals surface area contributed by atoms with Crippen molar-refractivity contribution in [3.63, 3.8) is 0 Å². The summed E-state index contributed by atoms with van der Waals surface area (Å²) >= 11 is 0. The molecule has 0 radical (unpaired) electrons. The molecule has 0 aromatic heterocycles. The Kier molecular flexibility index (Phi) is 3.25. The highest BCUT2D eigenvalue weighted by Crippen LogP contribution is 2.47. The van der Waals surface area contributed by atoms with Crippen LogP contribution in [0.4, 0.5) is 4.39 Å². The highest BCUT2D eigenvalue weighted by molar-refractivity contribution is 5.32. The molecular formula is C15H20FNO. The van der Waals surface area contributed by atoms with Crippen molar-refractivity contribution in [2.24, 2.45) is 17.8 Å². The van der Waals surface area contributed by atoms with Crippen LogP contribution >= 0.6 is 0 Å². The van der Waals surface area contributed by atoms with Crippen LogP contribution in [0.2, 0.25) is 0 Å². The molecule has 1 aromatic rings. The molecule has 0 amide bonds. The van der Waals surface area contributed by atoms with E-state index in [1.54, 1.807) is 0 Å².